The molecule has 1 N–H and O–H groups in total. The molecule has 176 valence electrons. The number of hydrogen-bond acceptors (Lipinski definition) is 2. The van der Waals surface area contributed by atoms with Crippen LogP contribution in [-0.2, 0) is 10.8 Å². The molecule has 5 unspecified atom stereocenters. The molecule has 0 spiro atoms. The van der Waals surface area contributed by atoms with Crippen LogP contribution in [0.1, 0.15) is 72.6 Å². The molecule has 1 aromatic rings. The fraction of sp³-hybridized carbons (Fsp3) is 0.586. The number of aliphatic hydroxyl groups is 1. The number of hydrogen-bond donors (Lipinski definition) is 1. The molecule has 0 saturated heterocycles. The van der Waals surface area contributed by atoms with E-state index in [0.717, 1.165) is 48.3 Å². The quantitative estimate of drug-likeness (QED) is 0.471. The number of aliphatic hydroxyl groups excluding tert-OH is 1. The lowest BCUT2D eigenvalue weighted by molar-refractivity contribution is 0.0612. The first-order chi connectivity index (χ1) is 15.2. The molecule has 32 heavy (non-hydrogen) atoms. The van der Waals surface area contributed by atoms with Gasteiger partial charge >= 0.3 is 0 Å². The van der Waals surface area contributed by atoms with Crippen molar-refractivity contribution in [3.05, 3.63) is 65.8 Å². The van der Waals surface area contributed by atoms with E-state index in [-0.39, 0.29) is 11.5 Å². The van der Waals surface area contributed by atoms with Gasteiger partial charge in [0, 0.05) is 10.6 Å². The maximum atomic E-state index is 12.7. The average molecular weight is 455 g/mol. The minimum atomic E-state index is -0.915. The Hall–Kier alpha value is -1.45. The molecule has 2 saturated carbocycles. The standard InChI is InChI=1S/C29H42O2S/c1-21(18-20-32(31)27-13-7-6-8-14-27)23(3)29(5)19-10-12-26(24(29)4)17-16-25-11-9-15-28(30)22(25)2/h6-8,13-14,16-17,21,23-24,28,30H,2,9-12,15,18-20H2,1,3-5H3/b25-16-,26-17+/t21-,23?,24?,28?,29?,32?/m1/s1. The van der Waals surface area contributed by atoms with Crippen LogP contribution in [0.15, 0.2) is 70.7 Å². The van der Waals surface area contributed by atoms with Crippen LogP contribution in [0.3, 0.4) is 0 Å². The zero-order chi connectivity index (χ0) is 23.3. The van der Waals surface area contributed by atoms with Crippen LogP contribution in [0.25, 0.3) is 0 Å². The molecular formula is C29H42O2S. The third-order valence-electron chi connectivity index (χ3n) is 8.62. The van der Waals surface area contributed by atoms with Crippen LogP contribution in [0, 0.1) is 23.2 Å². The Bertz CT molecular complexity index is 868. The molecule has 0 heterocycles. The van der Waals surface area contributed by atoms with E-state index in [1.165, 1.54) is 24.0 Å². The molecule has 0 radical (unpaired) electrons. The Morgan fingerprint density at radius 2 is 1.91 bits per heavy atom. The van der Waals surface area contributed by atoms with Gasteiger partial charge in [-0.05, 0) is 91.4 Å². The Balaban J connectivity index is 1.66. The van der Waals surface area contributed by atoms with Gasteiger partial charge in [0.05, 0.1) is 16.9 Å². The molecular weight excluding hydrogens is 412 g/mol. The van der Waals surface area contributed by atoms with E-state index in [4.69, 9.17) is 0 Å². The van der Waals surface area contributed by atoms with Crippen molar-refractivity contribution < 1.29 is 9.32 Å². The summed E-state index contributed by atoms with van der Waals surface area (Å²) in [6, 6.07) is 9.86. The summed E-state index contributed by atoms with van der Waals surface area (Å²) in [6.45, 7) is 13.7. The van der Waals surface area contributed by atoms with E-state index in [2.05, 4.69) is 46.4 Å². The zero-order valence-electron chi connectivity index (χ0n) is 20.5. The summed E-state index contributed by atoms with van der Waals surface area (Å²) in [5.74, 6) is 2.35. The van der Waals surface area contributed by atoms with E-state index in [9.17, 15) is 9.32 Å². The lowest BCUT2D eigenvalue weighted by atomic mass is 9.57. The van der Waals surface area contributed by atoms with Crippen molar-refractivity contribution in [2.45, 2.75) is 83.6 Å². The predicted octanol–water partition coefficient (Wildman–Crippen LogP) is 7.24. The van der Waals surface area contributed by atoms with Gasteiger partial charge in [0.25, 0.3) is 0 Å². The van der Waals surface area contributed by atoms with E-state index < -0.39 is 10.8 Å². The van der Waals surface area contributed by atoms with Gasteiger partial charge < -0.3 is 5.11 Å². The Morgan fingerprint density at radius 1 is 1.19 bits per heavy atom. The topological polar surface area (TPSA) is 37.3 Å². The molecule has 6 atom stereocenters. The van der Waals surface area contributed by atoms with Gasteiger partial charge in [-0.25, -0.2) is 0 Å². The number of benzene rings is 1. The summed E-state index contributed by atoms with van der Waals surface area (Å²) in [6.07, 6.45) is 11.7. The van der Waals surface area contributed by atoms with Crippen LogP contribution in [0.2, 0.25) is 0 Å². The first-order valence-corrected chi connectivity index (χ1v) is 13.8. The van der Waals surface area contributed by atoms with Crippen molar-refractivity contribution in [2.75, 3.05) is 5.75 Å². The maximum absolute atomic E-state index is 12.7. The van der Waals surface area contributed by atoms with E-state index >= 15 is 0 Å². The molecule has 2 aliphatic rings. The second-order valence-electron chi connectivity index (χ2n) is 10.4. The van der Waals surface area contributed by atoms with Gasteiger partial charge in [-0.15, -0.1) is 0 Å². The van der Waals surface area contributed by atoms with E-state index in [1.807, 2.05) is 30.3 Å². The minimum absolute atomic E-state index is 0.249. The summed E-state index contributed by atoms with van der Waals surface area (Å²) < 4.78 is 12.7. The molecule has 3 heteroatoms. The van der Waals surface area contributed by atoms with Gasteiger partial charge in [-0.1, -0.05) is 70.2 Å². The number of allylic oxidation sites excluding steroid dienone is 3. The smallest absolute Gasteiger partial charge is 0.0787 e. The van der Waals surface area contributed by atoms with Crippen LogP contribution in [0.5, 0.6) is 0 Å². The second kappa shape index (κ2) is 11.1. The Labute approximate surface area is 198 Å². The average Bonchev–Trinajstić information content (AvgIpc) is 2.80. The normalized spacial score (nSPS) is 32.1. The monoisotopic (exact) mass is 454 g/mol. The minimum Gasteiger partial charge on any atom is -0.388 e. The summed E-state index contributed by atoms with van der Waals surface area (Å²) in [5, 5.41) is 10.1. The largest absolute Gasteiger partial charge is 0.388 e. The van der Waals surface area contributed by atoms with Crippen molar-refractivity contribution in [3.63, 3.8) is 0 Å². The third kappa shape index (κ3) is 5.72. The fourth-order valence-electron chi connectivity index (χ4n) is 5.70. The lowest BCUT2D eigenvalue weighted by Crippen LogP contribution is -2.39. The molecule has 0 amide bonds. The van der Waals surface area contributed by atoms with Gasteiger partial charge in [0.2, 0.25) is 0 Å². The molecule has 2 nitrogen and oxygen atoms in total. The van der Waals surface area contributed by atoms with Crippen molar-refractivity contribution in [1.29, 1.82) is 0 Å². The second-order valence-corrected chi connectivity index (χ2v) is 11.9. The summed E-state index contributed by atoms with van der Waals surface area (Å²) in [5.41, 5.74) is 3.92. The van der Waals surface area contributed by atoms with E-state index in [0.29, 0.717) is 17.8 Å². The SMILES string of the molecule is C=C1/C(=C\C=C2/CCCC(C)(C(C)[C@H](C)CCS(=O)c3ccccc3)C2C)CCCC1O. The molecule has 2 aliphatic carbocycles. The fourth-order valence-corrected chi connectivity index (χ4v) is 6.98. The van der Waals surface area contributed by atoms with Gasteiger partial charge in [-0.2, -0.15) is 0 Å². The first kappa shape index (κ1) is 25.2. The van der Waals surface area contributed by atoms with Crippen molar-refractivity contribution >= 4 is 10.8 Å². The molecule has 0 aliphatic heterocycles. The molecule has 0 bridgehead atoms. The highest BCUT2D eigenvalue weighted by molar-refractivity contribution is 7.85. The Kier molecular flexibility index (Phi) is 8.75. The van der Waals surface area contributed by atoms with Crippen LogP contribution in [-0.4, -0.2) is 21.2 Å². The number of rotatable bonds is 7. The predicted molar refractivity (Wildman–Crippen MR) is 137 cm³/mol. The first-order valence-electron chi connectivity index (χ1n) is 12.4. The van der Waals surface area contributed by atoms with E-state index in [1.54, 1.807) is 0 Å². The van der Waals surface area contributed by atoms with Crippen LogP contribution >= 0.6 is 0 Å². The summed E-state index contributed by atoms with van der Waals surface area (Å²) in [7, 11) is -0.915. The highest BCUT2D eigenvalue weighted by Gasteiger charge is 2.42. The molecule has 3 rings (SSSR count). The zero-order valence-corrected chi connectivity index (χ0v) is 21.3. The maximum Gasteiger partial charge on any atom is 0.0787 e. The van der Waals surface area contributed by atoms with Crippen molar-refractivity contribution in [3.8, 4) is 0 Å². The van der Waals surface area contributed by atoms with Gasteiger partial charge in [-0.3, -0.25) is 4.21 Å². The van der Waals surface area contributed by atoms with Crippen LogP contribution in [0.4, 0.5) is 0 Å². The molecule has 2 fully saturated rings. The van der Waals surface area contributed by atoms with Crippen LogP contribution < -0.4 is 0 Å². The van der Waals surface area contributed by atoms with Gasteiger partial charge in [0.1, 0.15) is 0 Å². The van der Waals surface area contributed by atoms with Gasteiger partial charge in [0.15, 0.2) is 0 Å². The van der Waals surface area contributed by atoms with Crippen molar-refractivity contribution in [2.24, 2.45) is 23.2 Å². The molecule has 0 aromatic heterocycles. The Morgan fingerprint density at radius 3 is 2.62 bits per heavy atom. The van der Waals surface area contributed by atoms with Crippen molar-refractivity contribution in [1.82, 2.24) is 0 Å². The highest BCUT2D eigenvalue weighted by Crippen LogP contribution is 2.51. The molecule has 1 aromatic carbocycles. The highest BCUT2D eigenvalue weighted by atomic mass is 32.2. The summed E-state index contributed by atoms with van der Waals surface area (Å²) in [4.78, 5) is 0.942. The summed E-state index contributed by atoms with van der Waals surface area (Å²) >= 11 is 0. The third-order valence-corrected chi connectivity index (χ3v) is 10.0. The lowest BCUT2D eigenvalue weighted by Gasteiger charge is -2.48.